The molecule has 1 aromatic heterocycles. The molecule has 1 amide bonds. The number of hydrogen-bond donors (Lipinski definition) is 3. The molecule has 3 N–H and O–H groups in total. The first kappa shape index (κ1) is 18.5. The number of aliphatic hydroxyl groups excluding tert-OH is 1. The first-order chi connectivity index (χ1) is 12.9. The topological polar surface area (TPSA) is 104 Å². The summed E-state index contributed by atoms with van der Waals surface area (Å²) in [5.74, 6) is -0.888. The number of fused-ring (bicyclic) bond motifs is 1. The summed E-state index contributed by atoms with van der Waals surface area (Å²) in [6.07, 6.45) is -0.994. The predicted molar refractivity (Wildman–Crippen MR) is 98.2 cm³/mol. The number of aromatic amines is 1. The second-order valence-corrected chi connectivity index (χ2v) is 6.02. The van der Waals surface area contributed by atoms with E-state index in [2.05, 4.69) is 10.3 Å². The van der Waals surface area contributed by atoms with Crippen LogP contribution in [0.15, 0.2) is 52.1 Å². The van der Waals surface area contributed by atoms with Crippen molar-refractivity contribution in [2.45, 2.75) is 19.6 Å². The van der Waals surface area contributed by atoms with Gasteiger partial charge in [0.1, 0.15) is 5.82 Å². The summed E-state index contributed by atoms with van der Waals surface area (Å²) >= 11 is 0. The molecular weight excluding hydrogens is 353 g/mol. The lowest BCUT2D eigenvalue weighted by atomic mass is 10.1. The summed E-state index contributed by atoms with van der Waals surface area (Å²) in [5, 5.41) is 13.0. The SMILES string of the molecule is CCn1c(=O)[nH]c2cc(C(=O)NCC(O)c3ccc(F)cc3)ccc2c1=O. The van der Waals surface area contributed by atoms with Gasteiger partial charge in [0.2, 0.25) is 0 Å². The number of halogens is 1. The molecule has 0 fully saturated rings. The van der Waals surface area contributed by atoms with E-state index in [1.165, 1.54) is 42.5 Å². The molecule has 0 aliphatic rings. The van der Waals surface area contributed by atoms with Crippen molar-refractivity contribution in [1.82, 2.24) is 14.9 Å². The molecule has 8 heteroatoms. The molecule has 1 atom stereocenters. The zero-order valence-electron chi connectivity index (χ0n) is 14.5. The lowest BCUT2D eigenvalue weighted by Crippen LogP contribution is -2.34. The minimum Gasteiger partial charge on any atom is -0.387 e. The maximum Gasteiger partial charge on any atom is 0.328 e. The van der Waals surface area contributed by atoms with Crippen LogP contribution in [0.2, 0.25) is 0 Å². The molecule has 0 spiro atoms. The number of hydrogen-bond acceptors (Lipinski definition) is 4. The van der Waals surface area contributed by atoms with E-state index in [1.54, 1.807) is 6.92 Å². The number of amides is 1. The molecule has 1 unspecified atom stereocenters. The normalized spacial score (nSPS) is 12.1. The monoisotopic (exact) mass is 371 g/mol. The van der Waals surface area contributed by atoms with E-state index < -0.39 is 29.1 Å². The van der Waals surface area contributed by atoms with E-state index >= 15 is 0 Å². The number of nitrogens with zero attached hydrogens (tertiary/aromatic N) is 1. The Balaban J connectivity index is 1.78. The molecule has 3 aromatic rings. The van der Waals surface area contributed by atoms with Crippen LogP contribution in [0.5, 0.6) is 0 Å². The van der Waals surface area contributed by atoms with Crippen LogP contribution >= 0.6 is 0 Å². The second kappa shape index (κ2) is 7.55. The fourth-order valence-electron chi connectivity index (χ4n) is 2.78. The van der Waals surface area contributed by atoms with Crippen LogP contribution in [-0.4, -0.2) is 27.1 Å². The average Bonchev–Trinajstić information content (AvgIpc) is 2.66. The van der Waals surface area contributed by atoms with Crippen molar-refractivity contribution in [3.05, 3.63) is 80.2 Å². The highest BCUT2D eigenvalue weighted by atomic mass is 19.1. The average molecular weight is 371 g/mol. The highest BCUT2D eigenvalue weighted by molar-refractivity contribution is 5.97. The van der Waals surface area contributed by atoms with Gasteiger partial charge >= 0.3 is 5.69 Å². The lowest BCUT2D eigenvalue weighted by molar-refractivity contribution is 0.0916. The van der Waals surface area contributed by atoms with Crippen molar-refractivity contribution in [2.75, 3.05) is 6.54 Å². The summed E-state index contributed by atoms with van der Waals surface area (Å²) in [5.41, 5.74) is 0.00780. The van der Waals surface area contributed by atoms with Crippen LogP contribution in [0.25, 0.3) is 10.9 Å². The first-order valence-corrected chi connectivity index (χ1v) is 8.39. The third-order valence-corrected chi connectivity index (χ3v) is 4.27. The van der Waals surface area contributed by atoms with Crippen molar-refractivity contribution >= 4 is 16.8 Å². The Morgan fingerprint density at radius 2 is 1.93 bits per heavy atom. The standard InChI is InChI=1S/C19H18FN3O4/c1-2-23-18(26)14-8-5-12(9-15(14)22-19(23)27)17(25)21-10-16(24)11-3-6-13(20)7-4-11/h3-9,16,24H,2,10H2,1H3,(H,21,25)(H,22,27). The summed E-state index contributed by atoms with van der Waals surface area (Å²) in [6, 6.07) is 9.69. The van der Waals surface area contributed by atoms with Gasteiger partial charge in [-0.15, -0.1) is 0 Å². The minimum atomic E-state index is -0.994. The number of carbonyl (C=O) groups excluding carboxylic acids is 1. The number of H-pyrrole nitrogens is 1. The van der Waals surface area contributed by atoms with Gasteiger partial charge in [-0.3, -0.25) is 14.2 Å². The number of rotatable bonds is 5. The molecular formula is C19H18FN3O4. The molecule has 0 aliphatic carbocycles. The molecule has 0 bridgehead atoms. The van der Waals surface area contributed by atoms with Gasteiger partial charge in [0, 0.05) is 18.7 Å². The zero-order chi connectivity index (χ0) is 19.6. The molecule has 0 saturated heterocycles. The second-order valence-electron chi connectivity index (χ2n) is 6.02. The van der Waals surface area contributed by atoms with Crippen molar-refractivity contribution in [3.8, 4) is 0 Å². The number of aliphatic hydroxyl groups is 1. The number of nitrogens with one attached hydrogen (secondary N) is 2. The van der Waals surface area contributed by atoms with Crippen molar-refractivity contribution in [2.24, 2.45) is 0 Å². The van der Waals surface area contributed by atoms with Crippen molar-refractivity contribution in [1.29, 1.82) is 0 Å². The number of aromatic nitrogens is 2. The first-order valence-electron chi connectivity index (χ1n) is 8.39. The van der Waals surface area contributed by atoms with Crippen molar-refractivity contribution in [3.63, 3.8) is 0 Å². The third kappa shape index (κ3) is 3.80. The van der Waals surface area contributed by atoms with Gasteiger partial charge in [-0.1, -0.05) is 12.1 Å². The molecule has 140 valence electrons. The Hall–Kier alpha value is -3.26. The summed E-state index contributed by atoms with van der Waals surface area (Å²) < 4.78 is 14.0. The van der Waals surface area contributed by atoms with E-state index in [4.69, 9.17) is 0 Å². The van der Waals surface area contributed by atoms with Gasteiger partial charge in [0.15, 0.2) is 0 Å². The lowest BCUT2D eigenvalue weighted by Gasteiger charge is -2.12. The smallest absolute Gasteiger partial charge is 0.328 e. The van der Waals surface area contributed by atoms with Gasteiger partial charge in [0.05, 0.1) is 17.0 Å². The number of carbonyl (C=O) groups is 1. The molecule has 1 heterocycles. The number of benzene rings is 2. The Morgan fingerprint density at radius 1 is 1.22 bits per heavy atom. The Labute approximate surface area is 153 Å². The Morgan fingerprint density at radius 3 is 2.59 bits per heavy atom. The fraction of sp³-hybridized carbons (Fsp3) is 0.211. The van der Waals surface area contributed by atoms with E-state index in [9.17, 15) is 23.9 Å². The van der Waals surface area contributed by atoms with Crippen molar-refractivity contribution < 1.29 is 14.3 Å². The summed E-state index contributed by atoms with van der Waals surface area (Å²) in [6.45, 7) is 1.86. The quantitative estimate of drug-likeness (QED) is 0.629. The largest absolute Gasteiger partial charge is 0.387 e. The highest BCUT2D eigenvalue weighted by Crippen LogP contribution is 2.13. The maximum atomic E-state index is 12.9. The zero-order valence-corrected chi connectivity index (χ0v) is 14.5. The van der Waals surface area contributed by atoms with Crippen LogP contribution in [0.3, 0.4) is 0 Å². The fourth-order valence-corrected chi connectivity index (χ4v) is 2.78. The predicted octanol–water partition coefficient (Wildman–Crippen LogP) is 1.31. The van der Waals surface area contributed by atoms with Gasteiger partial charge in [-0.25, -0.2) is 9.18 Å². The highest BCUT2D eigenvalue weighted by Gasteiger charge is 2.13. The van der Waals surface area contributed by atoms with Gasteiger partial charge in [-0.05, 0) is 42.8 Å². The van der Waals surface area contributed by atoms with E-state index in [1.807, 2.05) is 0 Å². The Kier molecular flexibility index (Phi) is 5.18. The van der Waals surface area contributed by atoms with Gasteiger partial charge in [-0.2, -0.15) is 0 Å². The van der Waals surface area contributed by atoms with Gasteiger partial charge in [0.25, 0.3) is 11.5 Å². The Bertz CT molecular complexity index is 1100. The minimum absolute atomic E-state index is 0.0730. The molecule has 27 heavy (non-hydrogen) atoms. The molecule has 2 aromatic carbocycles. The van der Waals surface area contributed by atoms with Crippen LogP contribution in [0.4, 0.5) is 4.39 Å². The van der Waals surface area contributed by atoms with E-state index in [0.29, 0.717) is 10.9 Å². The molecule has 3 rings (SSSR count). The summed E-state index contributed by atoms with van der Waals surface area (Å²) in [4.78, 5) is 39.0. The molecule has 0 radical (unpaired) electrons. The van der Waals surface area contributed by atoms with Crippen LogP contribution in [0.1, 0.15) is 28.9 Å². The van der Waals surface area contributed by atoms with Gasteiger partial charge < -0.3 is 15.4 Å². The summed E-state index contributed by atoms with van der Waals surface area (Å²) in [7, 11) is 0. The third-order valence-electron chi connectivity index (χ3n) is 4.27. The molecule has 0 saturated carbocycles. The molecule has 0 aliphatic heterocycles. The van der Waals surface area contributed by atoms with Crippen LogP contribution < -0.4 is 16.6 Å². The van der Waals surface area contributed by atoms with E-state index in [-0.39, 0.29) is 24.2 Å². The van der Waals surface area contributed by atoms with Crippen LogP contribution in [-0.2, 0) is 6.54 Å². The van der Waals surface area contributed by atoms with Crippen LogP contribution in [0, 0.1) is 5.82 Å². The van der Waals surface area contributed by atoms with E-state index in [0.717, 1.165) is 4.57 Å². The molecule has 7 nitrogen and oxygen atoms in total. The maximum absolute atomic E-state index is 12.9.